The molecule has 0 spiro atoms. The van der Waals surface area contributed by atoms with E-state index in [1.165, 1.54) is 12.4 Å². The third-order valence-corrected chi connectivity index (χ3v) is 6.59. The van der Waals surface area contributed by atoms with E-state index in [1.807, 2.05) is 57.2 Å². The van der Waals surface area contributed by atoms with Crippen LogP contribution in [0.2, 0.25) is 0 Å². The Hall–Kier alpha value is -4.02. The number of hydrogen-bond acceptors (Lipinski definition) is 6. The molecule has 0 unspecified atom stereocenters. The van der Waals surface area contributed by atoms with E-state index in [0.717, 1.165) is 16.5 Å². The van der Waals surface area contributed by atoms with E-state index < -0.39 is 35.3 Å². The number of aromatic amines is 1. The maximum absolute atomic E-state index is 13.6. The summed E-state index contributed by atoms with van der Waals surface area (Å²) in [6.07, 6.45) is 0.793. The van der Waals surface area contributed by atoms with Gasteiger partial charge in [0.05, 0.1) is 12.0 Å². The van der Waals surface area contributed by atoms with Crippen molar-refractivity contribution in [3.05, 3.63) is 65.9 Å². The Morgan fingerprint density at radius 3 is 2.38 bits per heavy atom. The molecule has 10 heteroatoms. The molecular formula is C29H36N4O6. The summed E-state index contributed by atoms with van der Waals surface area (Å²) in [5.41, 5.74) is 3.45. The van der Waals surface area contributed by atoms with Crippen molar-refractivity contribution in [2.75, 3.05) is 5.32 Å². The Labute approximate surface area is 227 Å². The van der Waals surface area contributed by atoms with Gasteiger partial charge >= 0.3 is 0 Å². The molecule has 1 heterocycles. The monoisotopic (exact) mass is 536 g/mol. The van der Waals surface area contributed by atoms with Crippen molar-refractivity contribution in [2.45, 2.75) is 59.1 Å². The average Bonchev–Trinajstić information content (AvgIpc) is 3.32. The van der Waals surface area contributed by atoms with Gasteiger partial charge in [-0.1, -0.05) is 51.1 Å². The lowest BCUT2D eigenvalue weighted by atomic mass is 9.81. The van der Waals surface area contributed by atoms with Crippen molar-refractivity contribution in [3.63, 3.8) is 0 Å². The minimum Gasteiger partial charge on any atom is -0.382 e. The number of benzene rings is 2. The molecule has 0 aliphatic rings. The van der Waals surface area contributed by atoms with E-state index in [-0.39, 0.29) is 18.1 Å². The smallest absolute Gasteiger partial charge is 0.272 e. The molecule has 0 bridgehead atoms. The van der Waals surface area contributed by atoms with E-state index in [2.05, 4.69) is 15.6 Å². The SMILES string of the molecule is CC(=O)Nc1cccc(CCC[C@@H](C(=O)N[C@H](C(=O)c2c[nH]c3ccccc23)C(C)(C)C)[C@H](O)C(=O)NO)c1. The molecule has 2 aromatic carbocycles. The molecule has 3 atom stereocenters. The largest absolute Gasteiger partial charge is 0.382 e. The zero-order valence-electron chi connectivity index (χ0n) is 22.6. The third kappa shape index (κ3) is 7.52. The number of ketones is 1. The molecular weight excluding hydrogens is 500 g/mol. The first-order chi connectivity index (χ1) is 18.4. The van der Waals surface area contributed by atoms with Crippen molar-refractivity contribution in [1.29, 1.82) is 0 Å². The van der Waals surface area contributed by atoms with Crippen molar-refractivity contribution in [3.8, 4) is 0 Å². The number of amides is 3. The summed E-state index contributed by atoms with van der Waals surface area (Å²) in [7, 11) is 0. The molecule has 0 radical (unpaired) electrons. The van der Waals surface area contributed by atoms with Crippen LogP contribution in [0.5, 0.6) is 0 Å². The number of aryl methyl sites for hydroxylation is 1. The normalized spacial score (nSPS) is 13.8. The fraction of sp³-hybridized carbons (Fsp3) is 0.379. The molecule has 6 N–H and O–H groups in total. The number of H-pyrrole nitrogens is 1. The topological polar surface area (TPSA) is 161 Å². The van der Waals surface area contributed by atoms with Crippen LogP contribution < -0.4 is 16.1 Å². The minimum absolute atomic E-state index is 0.100. The fourth-order valence-electron chi connectivity index (χ4n) is 4.57. The summed E-state index contributed by atoms with van der Waals surface area (Å²) < 4.78 is 0. The quantitative estimate of drug-likeness (QED) is 0.125. The molecule has 0 saturated heterocycles. The predicted molar refractivity (Wildman–Crippen MR) is 147 cm³/mol. The number of anilines is 1. The second-order valence-corrected chi connectivity index (χ2v) is 10.7. The van der Waals surface area contributed by atoms with E-state index in [9.17, 15) is 24.3 Å². The number of hydroxylamine groups is 1. The van der Waals surface area contributed by atoms with Crippen LogP contribution in [0.1, 0.15) is 56.5 Å². The Bertz CT molecular complexity index is 1340. The molecule has 1 aromatic heterocycles. The number of aliphatic hydroxyl groups is 1. The number of rotatable bonds is 11. The maximum Gasteiger partial charge on any atom is 0.272 e. The van der Waals surface area contributed by atoms with Crippen LogP contribution >= 0.6 is 0 Å². The first-order valence-electron chi connectivity index (χ1n) is 12.8. The number of Topliss-reactive ketones (excluding diaryl/α,β-unsaturated/α-hetero) is 1. The first kappa shape index (κ1) is 29.5. The van der Waals surface area contributed by atoms with Gasteiger partial charge < -0.3 is 20.7 Å². The van der Waals surface area contributed by atoms with Crippen molar-refractivity contribution < 1.29 is 29.5 Å². The average molecular weight is 537 g/mol. The second kappa shape index (κ2) is 12.7. The summed E-state index contributed by atoms with van der Waals surface area (Å²) in [5.74, 6) is -3.51. The lowest BCUT2D eigenvalue weighted by Crippen LogP contribution is -2.53. The molecule has 3 aromatic rings. The van der Waals surface area contributed by atoms with Gasteiger partial charge in [-0.2, -0.15) is 0 Å². The van der Waals surface area contributed by atoms with Crippen LogP contribution in [0.25, 0.3) is 10.9 Å². The molecule has 0 saturated carbocycles. The van der Waals surface area contributed by atoms with Crippen molar-refractivity contribution in [1.82, 2.24) is 15.8 Å². The number of aliphatic hydroxyl groups excluding tert-OH is 1. The van der Waals surface area contributed by atoms with Crippen LogP contribution in [0.4, 0.5) is 5.69 Å². The Morgan fingerprint density at radius 2 is 1.72 bits per heavy atom. The maximum atomic E-state index is 13.6. The van der Waals surface area contributed by atoms with Crippen LogP contribution in [0, 0.1) is 11.3 Å². The summed E-state index contributed by atoms with van der Waals surface area (Å²) in [6.45, 7) is 6.87. The van der Waals surface area contributed by atoms with E-state index >= 15 is 0 Å². The molecule has 0 aliphatic carbocycles. The lowest BCUT2D eigenvalue weighted by molar-refractivity contribution is -0.146. The van der Waals surface area contributed by atoms with Crippen molar-refractivity contribution in [2.24, 2.45) is 11.3 Å². The molecule has 3 amide bonds. The number of nitrogens with one attached hydrogen (secondary N) is 4. The summed E-state index contributed by atoms with van der Waals surface area (Å²) in [5, 5.41) is 25.9. The zero-order chi connectivity index (χ0) is 28.7. The van der Waals surface area contributed by atoms with Crippen LogP contribution in [0.3, 0.4) is 0 Å². The molecule has 0 aliphatic heterocycles. The molecule has 10 nitrogen and oxygen atoms in total. The zero-order valence-corrected chi connectivity index (χ0v) is 22.6. The van der Waals surface area contributed by atoms with Crippen molar-refractivity contribution >= 4 is 40.1 Å². The van der Waals surface area contributed by atoms with Gasteiger partial charge in [-0.25, -0.2) is 5.48 Å². The van der Waals surface area contributed by atoms with Gasteiger partial charge in [0, 0.05) is 35.3 Å². The Balaban J connectivity index is 1.79. The van der Waals surface area contributed by atoms with Gasteiger partial charge in [-0.05, 0) is 48.4 Å². The molecule has 208 valence electrons. The Kier molecular flexibility index (Phi) is 9.61. The van der Waals surface area contributed by atoms with Gasteiger partial charge in [0.15, 0.2) is 5.78 Å². The van der Waals surface area contributed by atoms with Gasteiger partial charge in [-0.3, -0.25) is 24.4 Å². The molecule has 0 fully saturated rings. The van der Waals surface area contributed by atoms with E-state index in [4.69, 9.17) is 5.21 Å². The standard InChI is InChI=1S/C29H36N4O6/c1-17(34)31-19-11-7-9-18(15-19)10-8-13-21(25(36)28(38)33-39)27(37)32-26(29(2,3)4)24(35)22-16-30-23-14-6-5-12-20(22)23/h5-7,9,11-12,14-16,21,25-26,30,36,39H,8,10,13H2,1-4H3,(H,31,34)(H,32,37)(H,33,38)/t21-,25+,26-/m1/s1. The van der Waals surface area contributed by atoms with Gasteiger partial charge in [0.25, 0.3) is 5.91 Å². The number of carbonyl (C=O) groups is 4. The van der Waals surface area contributed by atoms with E-state index in [0.29, 0.717) is 24.1 Å². The summed E-state index contributed by atoms with van der Waals surface area (Å²) in [4.78, 5) is 53.6. The first-order valence-corrected chi connectivity index (χ1v) is 12.8. The number of hydrogen-bond donors (Lipinski definition) is 6. The van der Waals surface area contributed by atoms with Gasteiger partial charge in [0.2, 0.25) is 11.8 Å². The number of para-hydroxylation sites is 1. The highest BCUT2D eigenvalue weighted by molar-refractivity contribution is 6.11. The summed E-state index contributed by atoms with van der Waals surface area (Å²) >= 11 is 0. The summed E-state index contributed by atoms with van der Waals surface area (Å²) in [6, 6.07) is 13.6. The predicted octanol–water partition coefficient (Wildman–Crippen LogP) is 3.35. The number of carbonyl (C=O) groups excluding carboxylic acids is 4. The fourth-order valence-corrected chi connectivity index (χ4v) is 4.57. The number of fused-ring (bicyclic) bond motifs is 1. The van der Waals surface area contributed by atoms with Gasteiger partial charge in [-0.15, -0.1) is 0 Å². The molecule has 3 rings (SSSR count). The highest BCUT2D eigenvalue weighted by Crippen LogP contribution is 2.27. The lowest BCUT2D eigenvalue weighted by Gasteiger charge is -2.32. The van der Waals surface area contributed by atoms with Crippen LogP contribution in [-0.4, -0.2) is 50.9 Å². The number of aromatic nitrogens is 1. The highest BCUT2D eigenvalue weighted by Gasteiger charge is 2.38. The Morgan fingerprint density at radius 1 is 1.00 bits per heavy atom. The second-order valence-electron chi connectivity index (χ2n) is 10.7. The molecule has 39 heavy (non-hydrogen) atoms. The van der Waals surface area contributed by atoms with E-state index in [1.54, 1.807) is 18.3 Å². The minimum atomic E-state index is -1.83. The third-order valence-electron chi connectivity index (χ3n) is 6.59. The van der Waals surface area contributed by atoms with Crippen LogP contribution in [-0.2, 0) is 20.8 Å². The van der Waals surface area contributed by atoms with Crippen LogP contribution in [0.15, 0.2) is 54.7 Å². The highest BCUT2D eigenvalue weighted by atomic mass is 16.5. The van der Waals surface area contributed by atoms with Gasteiger partial charge in [0.1, 0.15) is 6.10 Å².